The lowest BCUT2D eigenvalue weighted by Crippen LogP contribution is -2.31. The first-order valence-electron chi connectivity index (χ1n) is 6.71. The van der Waals surface area contributed by atoms with E-state index in [-0.39, 0.29) is 12.4 Å². The summed E-state index contributed by atoms with van der Waals surface area (Å²) >= 11 is 0. The van der Waals surface area contributed by atoms with Crippen molar-refractivity contribution < 1.29 is 28.5 Å². The predicted octanol–water partition coefficient (Wildman–Crippen LogP) is 1.45. The monoisotopic (exact) mass is 307 g/mol. The van der Waals surface area contributed by atoms with E-state index in [1.165, 1.54) is 20.3 Å². The Morgan fingerprint density at radius 2 is 2.05 bits per heavy atom. The third-order valence-electron chi connectivity index (χ3n) is 2.87. The molecule has 0 fully saturated rings. The second kappa shape index (κ2) is 7.35. The molecule has 0 bridgehead atoms. The molecule has 1 aromatic rings. The normalized spacial score (nSPS) is 14.7. The molecule has 22 heavy (non-hydrogen) atoms. The van der Waals surface area contributed by atoms with E-state index in [2.05, 4.69) is 5.32 Å². The number of methoxy groups -OCH3 is 1. The van der Waals surface area contributed by atoms with Crippen molar-refractivity contribution in [2.24, 2.45) is 0 Å². The highest BCUT2D eigenvalue weighted by atomic mass is 16.6. The zero-order valence-corrected chi connectivity index (χ0v) is 12.3. The van der Waals surface area contributed by atoms with Crippen LogP contribution < -0.4 is 10.1 Å². The van der Waals surface area contributed by atoms with E-state index >= 15 is 0 Å². The van der Waals surface area contributed by atoms with Crippen LogP contribution in [0.5, 0.6) is 5.75 Å². The van der Waals surface area contributed by atoms with Crippen LogP contribution in [0.25, 0.3) is 0 Å². The number of nitrogens with one attached hydrogen (secondary N) is 1. The molecule has 0 saturated heterocycles. The van der Waals surface area contributed by atoms with Gasteiger partial charge in [0.25, 0.3) is 5.91 Å². The number of rotatable bonds is 5. The topological polar surface area (TPSA) is 83.1 Å². The molecule has 0 radical (unpaired) electrons. The van der Waals surface area contributed by atoms with Gasteiger partial charge < -0.3 is 24.3 Å². The van der Waals surface area contributed by atoms with E-state index in [1.807, 2.05) is 0 Å². The maximum absolute atomic E-state index is 12.1. The van der Waals surface area contributed by atoms with Crippen molar-refractivity contribution in [3.63, 3.8) is 0 Å². The Labute approximate surface area is 127 Å². The molecule has 0 spiro atoms. The highest BCUT2D eigenvalue weighted by Crippen LogP contribution is 2.23. The fraction of sp³-hybridized carbons (Fsp3) is 0.333. The van der Waals surface area contributed by atoms with E-state index < -0.39 is 18.0 Å². The summed E-state index contributed by atoms with van der Waals surface area (Å²) < 4.78 is 20.2. The van der Waals surface area contributed by atoms with E-state index in [4.69, 9.17) is 18.9 Å². The average Bonchev–Trinajstić information content (AvgIpc) is 2.56. The molecule has 2 rings (SSSR count). The van der Waals surface area contributed by atoms with Gasteiger partial charge in [-0.1, -0.05) is 12.1 Å². The summed E-state index contributed by atoms with van der Waals surface area (Å²) in [6, 6.07) is 6.94. The summed E-state index contributed by atoms with van der Waals surface area (Å²) in [4.78, 5) is 23.9. The lowest BCUT2D eigenvalue weighted by Gasteiger charge is -2.18. The fourth-order valence-corrected chi connectivity index (χ4v) is 1.73. The summed E-state index contributed by atoms with van der Waals surface area (Å²) in [6.45, 7) is 2.11. The van der Waals surface area contributed by atoms with Crippen molar-refractivity contribution in [1.29, 1.82) is 0 Å². The molecule has 0 aromatic heterocycles. The van der Waals surface area contributed by atoms with Crippen LogP contribution in [-0.4, -0.2) is 38.3 Å². The second-order valence-corrected chi connectivity index (χ2v) is 4.44. The van der Waals surface area contributed by atoms with Crippen molar-refractivity contribution >= 4 is 17.6 Å². The molecule has 0 aliphatic carbocycles. The lowest BCUT2D eigenvalue weighted by molar-refractivity contribution is -0.153. The van der Waals surface area contributed by atoms with Gasteiger partial charge in [0.15, 0.2) is 6.10 Å². The second-order valence-electron chi connectivity index (χ2n) is 4.44. The van der Waals surface area contributed by atoms with Crippen LogP contribution in [0.1, 0.15) is 6.92 Å². The maximum atomic E-state index is 12.1. The molecule has 1 N–H and O–H groups in total. The highest BCUT2D eigenvalue weighted by molar-refractivity contribution is 5.97. The van der Waals surface area contributed by atoms with Crippen LogP contribution in [0.4, 0.5) is 5.69 Å². The summed E-state index contributed by atoms with van der Waals surface area (Å²) in [5.41, 5.74) is 0.495. The molecule has 1 aliphatic rings. The molecule has 7 heteroatoms. The van der Waals surface area contributed by atoms with Crippen LogP contribution in [0.3, 0.4) is 0 Å². The first-order chi connectivity index (χ1) is 10.6. The number of hydrogen-bond donors (Lipinski definition) is 1. The fourth-order valence-electron chi connectivity index (χ4n) is 1.73. The first kappa shape index (κ1) is 15.7. The van der Waals surface area contributed by atoms with Gasteiger partial charge in [0.2, 0.25) is 5.76 Å². The van der Waals surface area contributed by atoms with Gasteiger partial charge in [0, 0.05) is 0 Å². The Morgan fingerprint density at radius 3 is 2.73 bits per heavy atom. The van der Waals surface area contributed by atoms with Crippen molar-refractivity contribution in [3.05, 3.63) is 36.3 Å². The standard InChI is InChI=1S/C15H17NO6/c1-10(22-15(18)13-9-20-7-8-21-13)14(17)16-11-5-3-4-6-12(11)19-2/h3-6,9-10H,7-8H2,1-2H3,(H,16,17)/t10-/m1/s1. The molecular weight excluding hydrogens is 290 g/mol. The molecule has 7 nitrogen and oxygen atoms in total. The van der Waals surface area contributed by atoms with Crippen molar-refractivity contribution in [3.8, 4) is 5.75 Å². The Hall–Kier alpha value is -2.70. The van der Waals surface area contributed by atoms with E-state index in [0.29, 0.717) is 18.0 Å². The van der Waals surface area contributed by atoms with Gasteiger partial charge in [-0.05, 0) is 19.1 Å². The Bertz CT molecular complexity index is 583. The Kier molecular flexibility index (Phi) is 5.24. The summed E-state index contributed by atoms with van der Waals surface area (Å²) in [5.74, 6) is -0.762. The molecule has 118 valence electrons. The van der Waals surface area contributed by atoms with Crippen LogP contribution in [0.2, 0.25) is 0 Å². The molecule has 1 aromatic carbocycles. The third kappa shape index (κ3) is 3.91. The predicted molar refractivity (Wildman–Crippen MR) is 77.2 cm³/mol. The van der Waals surface area contributed by atoms with Gasteiger partial charge in [-0.3, -0.25) is 4.79 Å². The first-order valence-corrected chi connectivity index (χ1v) is 6.71. The lowest BCUT2D eigenvalue weighted by atomic mass is 10.2. The van der Waals surface area contributed by atoms with Crippen molar-refractivity contribution in [1.82, 2.24) is 0 Å². The molecule has 1 aliphatic heterocycles. The SMILES string of the molecule is COc1ccccc1NC(=O)[C@@H](C)OC(=O)C1=COCCO1. The van der Waals surface area contributed by atoms with Gasteiger partial charge in [0.05, 0.1) is 12.8 Å². The minimum absolute atomic E-state index is 0.0526. The molecule has 1 atom stereocenters. The molecule has 1 amide bonds. The minimum Gasteiger partial charge on any atom is -0.495 e. The van der Waals surface area contributed by atoms with Crippen LogP contribution in [0.15, 0.2) is 36.3 Å². The molecule has 1 heterocycles. The highest BCUT2D eigenvalue weighted by Gasteiger charge is 2.23. The van der Waals surface area contributed by atoms with Crippen LogP contribution in [0, 0.1) is 0 Å². The Morgan fingerprint density at radius 1 is 1.27 bits per heavy atom. The zero-order valence-electron chi connectivity index (χ0n) is 12.3. The van der Waals surface area contributed by atoms with E-state index in [1.54, 1.807) is 24.3 Å². The number of anilines is 1. The number of benzene rings is 1. The van der Waals surface area contributed by atoms with E-state index in [9.17, 15) is 9.59 Å². The van der Waals surface area contributed by atoms with Crippen LogP contribution >= 0.6 is 0 Å². The number of carbonyl (C=O) groups is 2. The number of esters is 1. The molecule has 0 unspecified atom stereocenters. The van der Waals surface area contributed by atoms with Gasteiger partial charge in [-0.15, -0.1) is 0 Å². The molecular formula is C15H17NO6. The number of ether oxygens (including phenoxy) is 4. The largest absolute Gasteiger partial charge is 0.495 e. The Balaban J connectivity index is 1.94. The number of carbonyl (C=O) groups excluding carboxylic acids is 2. The van der Waals surface area contributed by atoms with Gasteiger partial charge >= 0.3 is 5.97 Å². The van der Waals surface area contributed by atoms with Gasteiger partial charge in [-0.25, -0.2) is 4.79 Å². The maximum Gasteiger partial charge on any atom is 0.377 e. The summed E-state index contributed by atoms with van der Waals surface area (Å²) in [7, 11) is 1.50. The number of amides is 1. The van der Waals surface area contributed by atoms with Crippen molar-refractivity contribution in [2.75, 3.05) is 25.6 Å². The average molecular weight is 307 g/mol. The smallest absolute Gasteiger partial charge is 0.377 e. The minimum atomic E-state index is -0.996. The summed E-state index contributed by atoms with van der Waals surface area (Å²) in [5, 5.41) is 2.64. The van der Waals surface area contributed by atoms with Crippen LogP contribution in [-0.2, 0) is 23.8 Å². The zero-order chi connectivity index (χ0) is 15.9. The van der Waals surface area contributed by atoms with Crippen molar-refractivity contribution in [2.45, 2.75) is 13.0 Å². The number of para-hydroxylation sites is 2. The molecule has 0 saturated carbocycles. The summed E-state index contributed by atoms with van der Waals surface area (Å²) in [6.07, 6.45) is 0.181. The third-order valence-corrected chi connectivity index (χ3v) is 2.87. The quantitative estimate of drug-likeness (QED) is 0.829. The van der Waals surface area contributed by atoms with Gasteiger partial charge in [-0.2, -0.15) is 0 Å². The van der Waals surface area contributed by atoms with E-state index in [0.717, 1.165) is 0 Å². The number of hydrogen-bond acceptors (Lipinski definition) is 6. The van der Waals surface area contributed by atoms with Gasteiger partial charge in [0.1, 0.15) is 25.2 Å².